The smallest absolute Gasteiger partial charge is 0.251 e. The Hall–Kier alpha value is -3.44. The van der Waals surface area contributed by atoms with Crippen molar-refractivity contribution in [3.63, 3.8) is 0 Å². The van der Waals surface area contributed by atoms with E-state index in [9.17, 15) is 9.59 Å². The van der Waals surface area contributed by atoms with Crippen LogP contribution in [0.25, 0.3) is 0 Å². The van der Waals surface area contributed by atoms with Gasteiger partial charge in [0.1, 0.15) is 17.5 Å². The van der Waals surface area contributed by atoms with Crippen LogP contribution in [-0.4, -0.2) is 103 Å². The van der Waals surface area contributed by atoms with Crippen molar-refractivity contribution in [1.29, 1.82) is 0 Å². The van der Waals surface area contributed by atoms with Crippen molar-refractivity contribution in [3.05, 3.63) is 29.5 Å². The third-order valence-electron chi connectivity index (χ3n) is 10.4. The van der Waals surface area contributed by atoms with Gasteiger partial charge in [-0.25, -0.2) is 4.98 Å². The number of carbonyl (C=O) groups excluding carboxylic acids is 2. The van der Waals surface area contributed by atoms with E-state index in [-0.39, 0.29) is 29.9 Å². The molecule has 0 radical (unpaired) electrons. The van der Waals surface area contributed by atoms with E-state index in [1.54, 1.807) is 25.1 Å². The number of aromatic nitrogens is 2. The molecule has 4 aliphatic rings. The summed E-state index contributed by atoms with van der Waals surface area (Å²) in [7, 11) is 3.39. The molecule has 2 aliphatic heterocycles. The number of carbonyl (C=O) groups is 2. The first-order valence-electron chi connectivity index (χ1n) is 17.3. The molecule has 3 fully saturated rings. The van der Waals surface area contributed by atoms with Gasteiger partial charge in [0.05, 0.1) is 18.5 Å². The Morgan fingerprint density at radius 1 is 1.04 bits per heavy atom. The summed E-state index contributed by atoms with van der Waals surface area (Å²) in [5, 5.41) is 6.60. The van der Waals surface area contributed by atoms with Gasteiger partial charge >= 0.3 is 0 Å². The van der Waals surface area contributed by atoms with Gasteiger partial charge in [-0.1, -0.05) is 6.92 Å². The van der Waals surface area contributed by atoms with Gasteiger partial charge in [0, 0.05) is 63.5 Å². The van der Waals surface area contributed by atoms with Gasteiger partial charge in [-0.15, -0.1) is 0 Å². The van der Waals surface area contributed by atoms with E-state index in [4.69, 9.17) is 14.7 Å². The molecule has 3 heterocycles. The van der Waals surface area contributed by atoms with Crippen molar-refractivity contribution >= 4 is 35.0 Å². The van der Waals surface area contributed by atoms with Gasteiger partial charge in [0.2, 0.25) is 11.9 Å². The second-order valence-electron chi connectivity index (χ2n) is 13.9. The minimum atomic E-state index is -0.283. The minimum absolute atomic E-state index is 0.0529. The summed E-state index contributed by atoms with van der Waals surface area (Å²) in [5.74, 6) is 2.63. The van der Waals surface area contributed by atoms with E-state index in [2.05, 4.69) is 39.2 Å². The highest BCUT2D eigenvalue weighted by atomic mass is 16.5. The highest BCUT2D eigenvalue weighted by Gasteiger charge is 2.39. The standard InChI is InChI=1S/C35H52N8O3/c1-7-29-34(45)40(5)31-23(4)36-35(39-32(31)43(29)22(2)3)38-28-15-10-25(20-30(28)46-6)33(44)37-26-11-13-27(14-12-26)42-18-16-41(17-19-42)21-24-8-9-24/h10,15,20,22,24,26-27,29H,7-9,11-14,16-19,21H2,1-6H3,(H,37,44)(H,36,38,39)/t26-,27-,29-/m0/s1. The molecule has 1 aromatic heterocycles. The van der Waals surface area contributed by atoms with Crippen LogP contribution in [0.5, 0.6) is 5.75 Å². The Morgan fingerprint density at radius 2 is 1.76 bits per heavy atom. The number of hydrogen-bond donors (Lipinski definition) is 2. The van der Waals surface area contributed by atoms with Gasteiger partial charge < -0.3 is 30.1 Å². The van der Waals surface area contributed by atoms with E-state index < -0.39 is 0 Å². The summed E-state index contributed by atoms with van der Waals surface area (Å²) in [6.45, 7) is 14.1. The average Bonchev–Trinajstić information content (AvgIpc) is 3.87. The van der Waals surface area contributed by atoms with Crippen LogP contribution in [0.15, 0.2) is 18.2 Å². The third kappa shape index (κ3) is 6.81. The lowest BCUT2D eigenvalue weighted by Gasteiger charge is -2.43. The fraction of sp³-hybridized carbons (Fsp3) is 0.657. The zero-order chi connectivity index (χ0) is 32.5. The minimum Gasteiger partial charge on any atom is -0.495 e. The Kier molecular flexibility index (Phi) is 9.70. The lowest BCUT2D eigenvalue weighted by atomic mass is 9.89. The molecule has 2 saturated carbocycles. The molecule has 2 amide bonds. The van der Waals surface area contributed by atoms with E-state index in [1.165, 1.54) is 45.6 Å². The molecule has 0 bridgehead atoms. The first-order chi connectivity index (χ1) is 22.2. The van der Waals surface area contributed by atoms with E-state index in [0.717, 1.165) is 43.1 Å². The number of amides is 2. The van der Waals surface area contributed by atoms with Gasteiger partial charge in [-0.05, 0) is 89.8 Å². The molecule has 0 unspecified atom stereocenters. The number of nitrogens with one attached hydrogen (secondary N) is 2. The molecule has 6 rings (SSSR count). The summed E-state index contributed by atoms with van der Waals surface area (Å²) in [4.78, 5) is 45.2. The zero-order valence-corrected chi connectivity index (χ0v) is 28.5. The molecule has 1 aromatic carbocycles. The van der Waals surface area contributed by atoms with Gasteiger partial charge in [0.25, 0.3) is 5.91 Å². The average molecular weight is 633 g/mol. The molecule has 250 valence electrons. The molecular weight excluding hydrogens is 580 g/mol. The second-order valence-corrected chi connectivity index (χ2v) is 13.9. The predicted molar refractivity (Wildman–Crippen MR) is 182 cm³/mol. The number of ether oxygens (including phenoxy) is 1. The first-order valence-corrected chi connectivity index (χ1v) is 17.3. The van der Waals surface area contributed by atoms with Crippen molar-refractivity contribution < 1.29 is 14.3 Å². The summed E-state index contributed by atoms with van der Waals surface area (Å²) in [6.07, 6.45) is 7.83. The lowest BCUT2D eigenvalue weighted by Crippen LogP contribution is -2.55. The van der Waals surface area contributed by atoms with Gasteiger partial charge in [-0.2, -0.15) is 4.98 Å². The molecular formula is C35H52N8O3. The number of aryl methyl sites for hydroxylation is 1. The lowest BCUT2D eigenvalue weighted by molar-refractivity contribution is -0.120. The molecule has 11 heteroatoms. The molecule has 1 saturated heterocycles. The zero-order valence-electron chi connectivity index (χ0n) is 28.5. The third-order valence-corrected chi connectivity index (χ3v) is 10.4. The number of anilines is 4. The summed E-state index contributed by atoms with van der Waals surface area (Å²) in [5.41, 5.74) is 2.67. The van der Waals surface area contributed by atoms with Gasteiger partial charge in [0.15, 0.2) is 5.82 Å². The molecule has 11 nitrogen and oxygen atoms in total. The maximum Gasteiger partial charge on any atom is 0.251 e. The largest absolute Gasteiger partial charge is 0.495 e. The maximum absolute atomic E-state index is 13.3. The highest BCUT2D eigenvalue weighted by molar-refractivity contribution is 6.05. The Labute approximate surface area is 274 Å². The van der Waals surface area contributed by atoms with Gasteiger partial charge in [-0.3, -0.25) is 14.5 Å². The van der Waals surface area contributed by atoms with Crippen molar-refractivity contribution in [3.8, 4) is 5.75 Å². The Balaban J connectivity index is 1.08. The number of hydrogen-bond acceptors (Lipinski definition) is 9. The first kappa shape index (κ1) is 32.5. The summed E-state index contributed by atoms with van der Waals surface area (Å²) >= 11 is 0. The predicted octanol–water partition coefficient (Wildman–Crippen LogP) is 4.58. The van der Waals surface area contributed by atoms with Crippen LogP contribution < -0.4 is 25.2 Å². The van der Waals surface area contributed by atoms with Crippen LogP contribution in [0.4, 0.5) is 23.1 Å². The maximum atomic E-state index is 13.3. The summed E-state index contributed by atoms with van der Waals surface area (Å²) in [6, 6.07) is 6.06. The molecule has 0 spiro atoms. The van der Waals surface area contributed by atoms with Crippen LogP contribution in [0, 0.1) is 12.8 Å². The number of methoxy groups -OCH3 is 1. The highest BCUT2D eigenvalue weighted by Crippen LogP contribution is 2.39. The Bertz CT molecular complexity index is 1410. The number of piperazine rings is 1. The normalized spacial score (nSPS) is 24.2. The van der Waals surface area contributed by atoms with E-state index in [0.29, 0.717) is 41.1 Å². The van der Waals surface area contributed by atoms with Crippen LogP contribution in [0.2, 0.25) is 0 Å². The van der Waals surface area contributed by atoms with Crippen molar-refractivity contribution in [1.82, 2.24) is 25.1 Å². The van der Waals surface area contributed by atoms with E-state index >= 15 is 0 Å². The fourth-order valence-electron chi connectivity index (χ4n) is 7.64. The monoisotopic (exact) mass is 632 g/mol. The number of fused-ring (bicyclic) bond motifs is 1. The van der Waals surface area contributed by atoms with Crippen LogP contribution in [0.3, 0.4) is 0 Å². The Morgan fingerprint density at radius 3 is 2.39 bits per heavy atom. The second kappa shape index (κ2) is 13.7. The SMILES string of the molecule is CC[C@H]1C(=O)N(C)c2c(C)nc(Nc3ccc(C(=O)N[C@H]4CC[C@H](N5CCN(CC6CC6)CC5)CC4)cc3OC)nc2N1C(C)C. The topological polar surface area (TPSA) is 106 Å². The molecule has 2 aliphatic carbocycles. The number of benzene rings is 1. The number of rotatable bonds is 10. The number of nitrogens with zero attached hydrogens (tertiary/aromatic N) is 6. The van der Waals surface area contributed by atoms with Crippen LogP contribution in [-0.2, 0) is 4.79 Å². The van der Waals surface area contributed by atoms with Crippen molar-refractivity contribution in [2.45, 2.75) is 96.8 Å². The van der Waals surface area contributed by atoms with E-state index in [1.807, 2.05) is 26.0 Å². The van der Waals surface area contributed by atoms with Crippen LogP contribution in [0.1, 0.15) is 81.8 Å². The quantitative estimate of drug-likeness (QED) is 0.390. The molecule has 2 N–H and O–H groups in total. The number of likely N-dealkylation sites (N-methyl/N-ethyl adjacent to an activating group) is 1. The van der Waals surface area contributed by atoms with Crippen LogP contribution >= 0.6 is 0 Å². The van der Waals surface area contributed by atoms with Crippen molar-refractivity contribution in [2.24, 2.45) is 5.92 Å². The van der Waals surface area contributed by atoms with Crippen molar-refractivity contribution in [2.75, 3.05) is 62.0 Å². The molecule has 1 atom stereocenters. The molecule has 46 heavy (non-hydrogen) atoms. The fourth-order valence-corrected chi connectivity index (χ4v) is 7.64. The molecule has 2 aromatic rings. The summed E-state index contributed by atoms with van der Waals surface area (Å²) < 4.78 is 5.71.